The number of amides is 1. The standard InChI is InChI=1S/C22H20Cl3N5OS/c23-22(24,25)20(28-18(31)12-11-15-6-2-1-3-7-15)29-21(32)30(14-26)17-10-4-8-16-9-5-13-27-19(16)17/h1-13,20H,14,26H2,(H,28,31)(H,29,32)/b12-11+. The van der Waals surface area contributed by atoms with Gasteiger partial charge in [-0.2, -0.15) is 0 Å². The zero-order chi connectivity index (χ0) is 23.1. The number of halogens is 3. The van der Waals surface area contributed by atoms with Crippen molar-refractivity contribution < 1.29 is 4.79 Å². The first kappa shape index (κ1) is 24.2. The monoisotopic (exact) mass is 507 g/mol. The van der Waals surface area contributed by atoms with Gasteiger partial charge in [0.2, 0.25) is 9.70 Å². The lowest BCUT2D eigenvalue weighted by Crippen LogP contribution is -2.58. The second-order valence-electron chi connectivity index (χ2n) is 6.64. The van der Waals surface area contributed by atoms with E-state index in [1.807, 2.05) is 60.7 Å². The van der Waals surface area contributed by atoms with Gasteiger partial charge in [0, 0.05) is 17.7 Å². The van der Waals surface area contributed by atoms with E-state index in [1.165, 1.54) is 6.08 Å². The third-order valence-corrected chi connectivity index (χ3v) is 5.43. The molecular formula is C22H20Cl3N5OS. The van der Waals surface area contributed by atoms with Gasteiger partial charge in [0.15, 0.2) is 5.11 Å². The quantitative estimate of drug-likeness (QED) is 0.199. The summed E-state index contributed by atoms with van der Waals surface area (Å²) in [6, 6.07) is 18.7. The molecule has 1 atom stereocenters. The Kier molecular flexibility index (Phi) is 8.28. The molecule has 166 valence electrons. The number of anilines is 1. The first-order valence-electron chi connectivity index (χ1n) is 9.52. The number of carbonyl (C=O) groups is 1. The molecule has 6 nitrogen and oxygen atoms in total. The fraction of sp³-hybridized carbons (Fsp3) is 0.136. The van der Waals surface area contributed by atoms with Crippen molar-refractivity contribution in [2.24, 2.45) is 5.73 Å². The van der Waals surface area contributed by atoms with Crippen molar-refractivity contribution in [3.63, 3.8) is 0 Å². The lowest BCUT2D eigenvalue weighted by molar-refractivity contribution is -0.117. The maximum atomic E-state index is 12.4. The molecule has 32 heavy (non-hydrogen) atoms. The summed E-state index contributed by atoms with van der Waals surface area (Å²) in [5.74, 6) is -0.466. The normalized spacial score (nSPS) is 12.5. The molecular weight excluding hydrogens is 489 g/mol. The smallest absolute Gasteiger partial charge is 0.245 e. The second kappa shape index (κ2) is 10.9. The van der Waals surface area contributed by atoms with Gasteiger partial charge in [0.1, 0.15) is 6.17 Å². The van der Waals surface area contributed by atoms with Crippen LogP contribution in [-0.4, -0.2) is 32.6 Å². The number of pyridine rings is 1. The highest BCUT2D eigenvalue weighted by molar-refractivity contribution is 7.80. The number of para-hydroxylation sites is 1. The molecule has 3 rings (SSSR count). The van der Waals surface area contributed by atoms with E-state index in [0.29, 0.717) is 11.2 Å². The number of carbonyl (C=O) groups excluding carboxylic acids is 1. The molecule has 4 N–H and O–H groups in total. The summed E-state index contributed by atoms with van der Waals surface area (Å²) in [6.45, 7) is 0.0377. The number of hydrogen-bond donors (Lipinski definition) is 3. The summed E-state index contributed by atoms with van der Waals surface area (Å²) >= 11 is 23.8. The molecule has 1 heterocycles. The van der Waals surface area contributed by atoms with E-state index < -0.39 is 15.9 Å². The molecule has 3 aromatic rings. The number of alkyl halides is 3. The van der Waals surface area contributed by atoms with Crippen LogP contribution in [0.5, 0.6) is 0 Å². The zero-order valence-corrected chi connectivity index (χ0v) is 19.8. The third-order valence-electron chi connectivity index (χ3n) is 4.44. The molecule has 0 aliphatic rings. The Balaban J connectivity index is 1.77. The van der Waals surface area contributed by atoms with Crippen LogP contribution in [-0.2, 0) is 4.79 Å². The van der Waals surface area contributed by atoms with Crippen LogP contribution in [0, 0.1) is 0 Å². The summed E-state index contributed by atoms with van der Waals surface area (Å²) in [5.41, 5.74) is 8.22. The molecule has 1 amide bonds. The molecule has 0 aliphatic heterocycles. The Morgan fingerprint density at radius 2 is 1.81 bits per heavy atom. The van der Waals surface area contributed by atoms with Crippen molar-refractivity contribution >= 4 is 80.7 Å². The summed E-state index contributed by atoms with van der Waals surface area (Å²) in [4.78, 5) is 18.5. The van der Waals surface area contributed by atoms with Crippen LogP contribution < -0.4 is 21.3 Å². The highest BCUT2D eigenvalue weighted by Gasteiger charge is 2.35. The first-order valence-corrected chi connectivity index (χ1v) is 11.1. The minimum Gasteiger partial charge on any atom is -0.339 e. The van der Waals surface area contributed by atoms with Crippen LogP contribution in [0.1, 0.15) is 5.56 Å². The van der Waals surface area contributed by atoms with E-state index in [2.05, 4.69) is 15.6 Å². The average Bonchev–Trinajstić information content (AvgIpc) is 2.78. The van der Waals surface area contributed by atoms with Gasteiger partial charge >= 0.3 is 0 Å². The summed E-state index contributed by atoms with van der Waals surface area (Å²) < 4.78 is -1.89. The number of thiocarbonyl (C=S) groups is 1. The van der Waals surface area contributed by atoms with Gasteiger partial charge in [-0.1, -0.05) is 83.3 Å². The highest BCUT2D eigenvalue weighted by atomic mass is 35.6. The second-order valence-corrected chi connectivity index (χ2v) is 9.40. The number of nitrogens with one attached hydrogen (secondary N) is 2. The van der Waals surface area contributed by atoms with Crippen LogP contribution in [0.15, 0.2) is 72.9 Å². The number of fused-ring (bicyclic) bond motifs is 1. The molecule has 0 aliphatic carbocycles. The van der Waals surface area contributed by atoms with Gasteiger partial charge < -0.3 is 21.3 Å². The highest BCUT2D eigenvalue weighted by Crippen LogP contribution is 2.30. The van der Waals surface area contributed by atoms with Gasteiger partial charge in [-0.25, -0.2) is 0 Å². The van der Waals surface area contributed by atoms with Crippen LogP contribution in [0.2, 0.25) is 0 Å². The van der Waals surface area contributed by atoms with Crippen molar-refractivity contribution in [1.82, 2.24) is 15.6 Å². The number of nitrogens with two attached hydrogens (primary N) is 1. The van der Waals surface area contributed by atoms with Crippen LogP contribution >= 0.6 is 47.0 Å². The molecule has 0 bridgehead atoms. The van der Waals surface area contributed by atoms with Gasteiger partial charge in [-0.3, -0.25) is 9.78 Å². The summed E-state index contributed by atoms with van der Waals surface area (Å²) in [5, 5.41) is 6.59. The van der Waals surface area contributed by atoms with Crippen LogP contribution in [0.25, 0.3) is 17.0 Å². The maximum Gasteiger partial charge on any atom is 0.245 e. The number of benzene rings is 2. The van der Waals surface area contributed by atoms with Crippen molar-refractivity contribution in [2.45, 2.75) is 9.96 Å². The molecule has 0 fully saturated rings. The molecule has 0 saturated carbocycles. The Morgan fingerprint density at radius 1 is 1.09 bits per heavy atom. The van der Waals surface area contributed by atoms with Gasteiger partial charge in [-0.15, -0.1) is 0 Å². The Morgan fingerprint density at radius 3 is 2.50 bits per heavy atom. The van der Waals surface area contributed by atoms with Crippen LogP contribution in [0.4, 0.5) is 5.69 Å². The van der Waals surface area contributed by atoms with E-state index in [-0.39, 0.29) is 11.8 Å². The number of rotatable bonds is 6. The predicted molar refractivity (Wildman–Crippen MR) is 137 cm³/mol. The van der Waals surface area contributed by atoms with Crippen molar-refractivity contribution in [2.75, 3.05) is 11.6 Å². The third kappa shape index (κ3) is 6.31. The zero-order valence-electron chi connectivity index (χ0n) is 16.7. The molecule has 10 heteroatoms. The van der Waals surface area contributed by atoms with Gasteiger partial charge in [-0.05, 0) is 36.0 Å². The Labute approximate surface area is 206 Å². The Bertz CT molecular complexity index is 1120. The molecule has 2 aromatic carbocycles. The van der Waals surface area contributed by atoms with E-state index in [0.717, 1.165) is 10.9 Å². The SMILES string of the molecule is NCN(C(=S)NC(NC(=O)/C=C/c1ccccc1)C(Cl)(Cl)Cl)c1cccc2cccnc12. The van der Waals surface area contributed by atoms with Crippen molar-refractivity contribution in [1.29, 1.82) is 0 Å². The fourth-order valence-electron chi connectivity index (χ4n) is 2.92. The molecule has 1 unspecified atom stereocenters. The molecule has 0 saturated heterocycles. The number of aromatic nitrogens is 1. The number of hydrogen-bond acceptors (Lipinski definition) is 4. The molecule has 1 aromatic heterocycles. The average molecular weight is 509 g/mol. The fourth-order valence-corrected chi connectivity index (χ4v) is 3.54. The minimum atomic E-state index is -1.89. The van der Waals surface area contributed by atoms with Gasteiger partial charge in [0.25, 0.3) is 0 Å². The van der Waals surface area contributed by atoms with E-state index >= 15 is 0 Å². The maximum absolute atomic E-state index is 12.4. The first-order chi connectivity index (χ1) is 15.3. The van der Waals surface area contributed by atoms with E-state index in [1.54, 1.807) is 17.2 Å². The van der Waals surface area contributed by atoms with E-state index in [4.69, 9.17) is 52.8 Å². The summed E-state index contributed by atoms with van der Waals surface area (Å²) in [6.07, 6.45) is 3.56. The molecule has 0 radical (unpaired) electrons. The predicted octanol–water partition coefficient (Wildman–Crippen LogP) is 4.36. The van der Waals surface area contributed by atoms with Gasteiger partial charge in [0.05, 0.1) is 17.9 Å². The van der Waals surface area contributed by atoms with Crippen molar-refractivity contribution in [3.05, 3.63) is 78.5 Å². The lowest BCUT2D eigenvalue weighted by atomic mass is 10.2. The largest absolute Gasteiger partial charge is 0.339 e. The number of nitrogens with zero attached hydrogens (tertiary/aromatic N) is 2. The minimum absolute atomic E-state index is 0.0377. The lowest BCUT2D eigenvalue weighted by Gasteiger charge is -2.31. The van der Waals surface area contributed by atoms with Crippen LogP contribution in [0.3, 0.4) is 0 Å². The summed E-state index contributed by atoms with van der Waals surface area (Å²) in [7, 11) is 0. The topological polar surface area (TPSA) is 83.3 Å². The van der Waals surface area contributed by atoms with Crippen molar-refractivity contribution in [3.8, 4) is 0 Å². The molecule has 0 spiro atoms. The van der Waals surface area contributed by atoms with E-state index in [9.17, 15) is 4.79 Å². The Hall–Kier alpha value is -2.42.